The lowest BCUT2D eigenvalue weighted by Crippen LogP contribution is -2.49. The molecule has 1 aliphatic heterocycles. The van der Waals surface area contributed by atoms with Crippen LogP contribution in [0.1, 0.15) is 5.56 Å². The number of nitrogens with zero attached hydrogens (tertiary/aromatic N) is 2. The van der Waals surface area contributed by atoms with Crippen molar-refractivity contribution in [3.8, 4) is 5.75 Å². The molecule has 32 heavy (non-hydrogen) atoms. The van der Waals surface area contributed by atoms with Gasteiger partial charge in [0.15, 0.2) is 0 Å². The van der Waals surface area contributed by atoms with Crippen LogP contribution in [0.15, 0.2) is 48.5 Å². The molecule has 0 spiro atoms. The number of carbonyl (C=O) groups excluding carboxylic acids is 1. The van der Waals surface area contributed by atoms with Crippen molar-refractivity contribution in [2.45, 2.75) is 6.54 Å². The molecule has 1 aliphatic rings. The number of hydrogen-bond acceptors (Lipinski definition) is 6. The van der Waals surface area contributed by atoms with Crippen LogP contribution in [0.25, 0.3) is 0 Å². The standard InChI is InChI=1S/C20H24FN3O2.C2H2O4/c1-26-19-4-2-3-18(13-19)24-11-9-23(10-12-24)15-20(25)22-14-16-5-7-17(21)8-6-16;3-1(4)2(5)6/h2-8,13H,9-12,14-15H2,1H3,(H,22,25);(H,3,4)(H,5,6). The number of benzene rings is 2. The molecule has 2 aromatic carbocycles. The van der Waals surface area contributed by atoms with Gasteiger partial charge in [-0.3, -0.25) is 9.69 Å². The first kappa shape index (κ1) is 24.6. The van der Waals surface area contributed by atoms with Crippen LogP contribution in [-0.4, -0.2) is 72.8 Å². The van der Waals surface area contributed by atoms with Gasteiger partial charge in [0.2, 0.25) is 5.91 Å². The second-order valence-corrected chi connectivity index (χ2v) is 6.98. The van der Waals surface area contributed by atoms with Crippen LogP contribution in [0.2, 0.25) is 0 Å². The van der Waals surface area contributed by atoms with Crippen molar-refractivity contribution < 1.29 is 33.7 Å². The lowest BCUT2D eigenvalue weighted by atomic mass is 10.2. The van der Waals surface area contributed by atoms with Gasteiger partial charge in [-0.1, -0.05) is 18.2 Å². The van der Waals surface area contributed by atoms with Gasteiger partial charge in [0.05, 0.1) is 13.7 Å². The molecule has 9 nitrogen and oxygen atoms in total. The van der Waals surface area contributed by atoms with Gasteiger partial charge in [0.1, 0.15) is 11.6 Å². The van der Waals surface area contributed by atoms with Crippen LogP contribution in [-0.2, 0) is 20.9 Å². The maximum Gasteiger partial charge on any atom is 0.414 e. The van der Waals surface area contributed by atoms with Crippen molar-refractivity contribution in [3.05, 3.63) is 59.9 Å². The van der Waals surface area contributed by atoms with Gasteiger partial charge < -0.3 is 25.2 Å². The van der Waals surface area contributed by atoms with E-state index >= 15 is 0 Å². The van der Waals surface area contributed by atoms with E-state index in [0.29, 0.717) is 13.1 Å². The average Bonchev–Trinajstić information content (AvgIpc) is 2.79. The number of rotatable bonds is 6. The maximum absolute atomic E-state index is 12.9. The van der Waals surface area contributed by atoms with Crippen molar-refractivity contribution in [2.75, 3.05) is 44.7 Å². The molecule has 3 rings (SSSR count). The molecule has 1 amide bonds. The number of piperazine rings is 1. The summed E-state index contributed by atoms with van der Waals surface area (Å²) in [7, 11) is 1.67. The predicted octanol–water partition coefficient (Wildman–Crippen LogP) is 1.43. The van der Waals surface area contributed by atoms with Gasteiger partial charge in [-0.2, -0.15) is 0 Å². The zero-order chi connectivity index (χ0) is 23.5. The second-order valence-electron chi connectivity index (χ2n) is 6.98. The number of halogens is 1. The summed E-state index contributed by atoms with van der Waals surface area (Å²) < 4.78 is 18.2. The molecule has 1 saturated heterocycles. The van der Waals surface area contributed by atoms with Gasteiger partial charge in [0, 0.05) is 44.5 Å². The highest BCUT2D eigenvalue weighted by atomic mass is 19.1. The largest absolute Gasteiger partial charge is 0.497 e. The Kier molecular flexibility index (Phi) is 9.43. The predicted molar refractivity (Wildman–Crippen MR) is 115 cm³/mol. The molecule has 0 atom stereocenters. The number of aliphatic carboxylic acids is 2. The number of carboxylic acids is 2. The van der Waals surface area contributed by atoms with Crippen LogP contribution in [0, 0.1) is 5.82 Å². The zero-order valence-corrected chi connectivity index (χ0v) is 17.7. The van der Waals surface area contributed by atoms with Crippen molar-refractivity contribution in [3.63, 3.8) is 0 Å². The highest BCUT2D eigenvalue weighted by Crippen LogP contribution is 2.22. The Labute approximate surface area is 185 Å². The summed E-state index contributed by atoms with van der Waals surface area (Å²) in [6, 6.07) is 14.2. The maximum atomic E-state index is 12.9. The molecular weight excluding hydrogens is 421 g/mol. The number of hydrogen-bond donors (Lipinski definition) is 3. The van der Waals surface area contributed by atoms with E-state index in [2.05, 4.69) is 21.2 Å². The molecule has 0 aromatic heterocycles. The smallest absolute Gasteiger partial charge is 0.414 e. The zero-order valence-electron chi connectivity index (χ0n) is 17.7. The third kappa shape index (κ3) is 8.23. The van der Waals surface area contributed by atoms with Gasteiger partial charge in [-0.05, 0) is 29.8 Å². The van der Waals surface area contributed by atoms with Crippen LogP contribution in [0.3, 0.4) is 0 Å². The third-order valence-electron chi connectivity index (χ3n) is 4.74. The molecule has 10 heteroatoms. The van der Waals surface area contributed by atoms with Crippen LogP contribution in [0.4, 0.5) is 10.1 Å². The topological polar surface area (TPSA) is 119 Å². The number of nitrogens with one attached hydrogen (secondary N) is 1. The lowest BCUT2D eigenvalue weighted by Gasteiger charge is -2.35. The molecule has 1 fully saturated rings. The van der Waals surface area contributed by atoms with Crippen molar-refractivity contribution in [1.29, 1.82) is 0 Å². The van der Waals surface area contributed by atoms with Crippen LogP contribution >= 0.6 is 0 Å². The van der Waals surface area contributed by atoms with Gasteiger partial charge in [-0.15, -0.1) is 0 Å². The van der Waals surface area contributed by atoms with Gasteiger partial charge >= 0.3 is 11.9 Å². The average molecular weight is 447 g/mol. The Balaban J connectivity index is 0.000000534. The van der Waals surface area contributed by atoms with E-state index in [-0.39, 0.29) is 11.7 Å². The van der Waals surface area contributed by atoms with Crippen molar-refractivity contribution in [1.82, 2.24) is 10.2 Å². The Morgan fingerprint density at radius 1 is 1.00 bits per heavy atom. The number of ether oxygens (including phenoxy) is 1. The van der Waals surface area contributed by atoms with E-state index in [1.165, 1.54) is 12.1 Å². The Morgan fingerprint density at radius 2 is 1.62 bits per heavy atom. The van der Waals surface area contributed by atoms with Crippen molar-refractivity contribution >= 4 is 23.5 Å². The summed E-state index contributed by atoms with van der Waals surface area (Å²) in [5.74, 6) is -3.08. The Hall–Kier alpha value is -3.66. The van der Waals surface area contributed by atoms with E-state index in [4.69, 9.17) is 24.5 Å². The normalized spacial score (nSPS) is 13.5. The fourth-order valence-electron chi connectivity index (χ4n) is 3.03. The van der Waals surface area contributed by atoms with Crippen LogP contribution < -0.4 is 15.0 Å². The summed E-state index contributed by atoms with van der Waals surface area (Å²) in [6.07, 6.45) is 0. The molecule has 1 heterocycles. The summed E-state index contributed by atoms with van der Waals surface area (Å²) >= 11 is 0. The van der Waals surface area contributed by atoms with Gasteiger partial charge in [0.25, 0.3) is 0 Å². The summed E-state index contributed by atoms with van der Waals surface area (Å²) in [5, 5.41) is 17.7. The Morgan fingerprint density at radius 3 is 2.19 bits per heavy atom. The summed E-state index contributed by atoms with van der Waals surface area (Å²) in [4.78, 5) is 34.8. The Bertz CT molecular complexity index is 902. The third-order valence-corrected chi connectivity index (χ3v) is 4.74. The molecule has 3 N–H and O–H groups in total. The first-order valence-corrected chi connectivity index (χ1v) is 9.87. The molecule has 0 radical (unpaired) electrons. The van der Waals surface area contributed by atoms with E-state index in [0.717, 1.165) is 43.2 Å². The molecule has 0 bridgehead atoms. The minimum atomic E-state index is -1.82. The molecule has 2 aromatic rings. The van der Waals surface area contributed by atoms with E-state index in [9.17, 15) is 9.18 Å². The minimum absolute atomic E-state index is 0.0100. The molecular formula is C22H26FN3O6. The molecule has 172 valence electrons. The van der Waals surface area contributed by atoms with Gasteiger partial charge in [-0.25, -0.2) is 14.0 Å². The highest BCUT2D eigenvalue weighted by molar-refractivity contribution is 6.27. The quantitative estimate of drug-likeness (QED) is 0.569. The monoisotopic (exact) mass is 447 g/mol. The van der Waals surface area contributed by atoms with E-state index in [1.54, 1.807) is 19.2 Å². The van der Waals surface area contributed by atoms with E-state index < -0.39 is 11.9 Å². The number of carboxylic acid groups (broad SMARTS) is 2. The lowest BCUT2D eigenvalue weighted by molar-refractivity contribution is -0.159. The first-order chi connectivity index (χ1) is 15.3. The van der Waals surface area contributed by atoms with Crippen LogP contribution in [0.5, 0.6) is 5.75 Å². The molecule has 0 aliphatic carbocycles. The number of amides is 1. The SMILES string of the molecule is COc1cccc(N2CCN(CC(=O)NCc3ccc(F)cc3)CC2)c1.O=C(O)C(=O)O. The number of methoxy groups -OCH3 is 1. The van der Waals surface area contributed by atoms with Crippen molar-refractivity contribution in [2.24, 2.45) is 0 Å². The second kappa shape index (κ2) is 12.3. The highest BCUT2D eigenvalue weighted by Gasteiger charge is 2.19. The summed E-state index contributed by atoms with van der Waals surface area (Å²) in [6.45, 7) is 4.22. The number of anilines is 1. The minimum Gasteiger partial charge on any atom is -0.497 e. The fourth-order valence-corrected chi connectivity index (χ4v) is 3.03. The summed E-state index contributed by atoms with van der Waals surface area (Å²) in [5.41, 5.74) is 2.03. The fraction of sp³-hybridized carbons (Fsp3) is 0.318. The molecule has 0 unspecified atom stereocenters. The number of carbonyl (C=O) groups is 3. The molecule has 0 saturated carbocycles. The first-order valence-electron chi connectivity index (χ1n) is 9.87. The van der Waals surface area contributed by atoms with E-state index in [1.807, 2.05) is 18.2 Å².